The van der Waals surface area contributed by atoms with E-state index >= 15 is 0 Å². The molecule has 3 rings (SSSR count). The highest BCUT2D eigenvalue weighted by Crippen LogP contribution is 2.24. The Bertz CT molecular complexity index is 639. The highest BCUT2D eigenvalue weighted by Gasteiger charge is 2.17. The van der Waals surface area contributed by atoms with Crippen LogP contribution in [0.5, 0.6) is 0 Å². The summed E-state index contributed by atoms with van der Waals surface area (Å²) in [5.74, 6) is 0.539. The van der Waals surface area contributed by atoms with Gasteiger partial charge >= 0.3 is 4.34 Å². The minimum atomic E-state index is -1.09. The van der Waals surface area contributed by atoms with Gasteiger partial charge in [0.1, 0.15) is 5.75 Å². The summed E-state index contributed by atoms with van der Waals surface area (Å²) in [6, 6.07) is 9.56. The van der Waals surface area contributed by atoms with Gasteiger partial charge in [-0.3, -0.25) is 4.98 Å². The molecule has 4 nitrogen and oxygen atoms in total. The normalized spacial score (nSPS) is 12.7. The number of hydrogen-bond acceptors (Lipinski definition) is 5. The van der Waals surface area contributed by atoms with Crippen LogP contribution in [0.15, 0.2) is 47.1 Å². The molecule has 3 heterocycles. The molecule has 0 aliphatic carbocycles. The van der Waals surface area contributed by atoms with Crippen molar-refractivity contribution in [1.82, 2.24) is 15.0 Å². The first kappa shape index (κ1) is 12.5. The number of hydrogen-bond donors (Lipinski definition) is 0. The summed E-state index contributed by atoms with van der Waals surface area (Å²) in [6.45, 7) is 0. The highest BCUT2D eigenvalue weighted by atomic mass is 32.2. The van der Waals surface area contributed by atoms with Crippen LogP contribution in [0.2, 0.25) is 0 Å². The van der Waals surface area contributed by atoms with E-state index in [1.54, 1.807) is 12.4 Å². The van der Waals surface area contributed by atoms with E-state index in [-0.39, 0.29) is 0 Å². The lowest BCUT2D eigenvalue weighted by atomic mass is 10.3. The van der Waals surface area contributed by atoms with E-state index in [4.69, 9.17) is 0 Å². The zero-order valence-electron chi connectivity index (χ0n) is 10.0. The first-order valence-corrected chi connectivity index (χ1v) is 7.96. The van der Waals surface area contributed by atoms with Crippen molar-refractivity contribution in [3.05, 3.63) is 48.4 Å². The molecule has 0 radical (unpaired) electrons. The van der Waals surface area contributed by atoms with Gasteiger partial charge in [-0.15, -0.1) is 0 Å². The van der Waals surface area contributed by atoms with Crippen LogP contribution in [0, 0.1) is 0 Å². The molecule has 0 N–H and O–H groups in total. The second kappa shape index (κ2) is 5.64. The molecule has 6 heteroatoms. The van der Waals surface area contributed by atoms with Crippen LogP contribution in [-0.2, 0) is 17.6 Å². The third-order valence-corrected chi connectivity index (χ3v) is 5.28. The van der Waals surface area contributed by atoms with E-state index in [2.05, 4.69) is 15.0 Å². The lowest BCUT2D eigenvalue weighted by Gasteiger charge is -2.05. The Morgan fingerprint density at radius 3 is 2.79 bits per heavy atom. The van der Waals surface area contributed by atoms with Crippen molar-refractivity contribution >= 4 is 32.9 Å². The molecule has 0 amide bonds. The monoisotopic (exact) mass is 289 g/mol. The first-order valence-electron chi connectivity index (χ1n) is 5.83. The maximum absolute atomic E-state index is 12.2. The van der Waals surface area contributed by atoms with Crippen molar-refractivity contribution < 1.29 is 4.55 Å². The molecule has 0 spiro atoms. The molecular formula is C13H11N3OS2. The Kier molecular flexibility index (Phi) is 3.72. The van der Waals surface area contributed by atoms with Gasteiger partial charge in [0.25, 0.3) is 0 Å². The Labute approximate surface area is 117 Å². The van der Waals surface area contributed by atoms with E-state index in [0.29, 0.717) is 22.2 Å². The lowest BCUT2D eigenvalue weighted by molar-refractivity contribution is 0.593. The van der Waals surface area contributed by atoms with E-state index in [9.17, 15) is 4.55 Å². The van der Waals surface area contributed by atoms with Gasteiger partial charge in [-0.1, -0.05) is 17.4 Å². The number of aromatic nitrogens is 3. The summed E-state index contributed by atoms with van der Waals surface area (Å²) >= 11 is 0.357. The average molecular weight is 289 g/mol. The Morgan fingerprint density at radius 2 is 2.00 bits per heavy atom. The summed E-state index contributed by atoms with van der Waals surface area (Å²) in [4.78, 5) is 12.7. The topological polar surface area (TPSA) is 61.7 Å². The minimum absolute atomic E-state index is 0.539. The third kappa shape index (κ3) is 2.91. The minimum Gasteiger partial charge on any atom is -0.610 e. The number of rotatable bonds is 4. The second-order valence-corrected chi connectivity index (χ2v) is 6.70. The highest BCUT2D eigenvalue weighted by molar-refractivity contribution is 7.93. The van der Waals surface area contributed by atoms with E-state index < -0.39 is 11.2 Å². The van der Waals surface area contributed by atoms with Crippen LogP contribution in [-0.4, -0.2) is 25.3 Å². The lowest BCUT2D eigenvalue weighted by Crippen LogP contribution is -2.09. The van der Waals surface area contributed by atoms with Crippen LogP contribution in [0.4, 0.5) is 0 Å². The standard InChI is InChI=1S/C13H11N3OS2/c17-19(9-6-10-4-1-2-7-14-10)13-16-12-11(18-13)5-3-8-15-12/h1-5,7-8H,6,9H2. The van der Waals surface area contributed by atoms with E-state index in [1.165, 1.54) is 11.3 Å². The maximum Gasteiger partial charge on any atom is 0.304 e. The molecule has 0 saturated carbocycles. The Hall–Kier alpha value is -1.50. The van der Waals surface area contributed by atoms with Crippen LogP contribution >= 0.6 is 11.3 Å². The number of fused-ring (bicyclic) bond motifs is 1. The summed E-state index contributed by atoms with van der Waals surface area (Å²) in [5, 5.41) is 0. The van der Waals surface area contributed by atoms with Crippen molar-refractivity contribution in [2.75, 3.05) is 5.75 Å². The van der Waals surface area contributed by atoms with E-state index in [0.717, 1.165) is 10.4 Å². The van der Waals surface area contributed by atoms with Gasteiger partial charge in [0.05, 0.1) is 4.70 Å². The molecule has 0 aromatic carbocycles. The van der Waals surface area contributed by atoms with Crippen molar-refractivity contribution in [2.45, 2.75) is 10.8 Å². The Balaban J connectivity index is 1.71. The zero-order valence-corrected chi connectivity index (χ0v) is 11.7. The molecule has 3 aromatic rings. The van der Waals surface area contributed by atoms with Crippen LogP contribution in [0.3, 0.4) is 0 Å². The van der Waals surface area contributed by atoms with Gasteiger partial charge < -0.3 is 4.55 Å². The molecule has 0 bridgehead atoms. The Morgan fingerprint density at radius 1 is 1.11 bits per heavy atom. The van der Waals surface area contributed by atoms with Gasteiger partial charge in [0.2, 0.25) is 0 Å². The van der Waals surface area contributed by atoms with Crippen LogP contribution < -0.4 is 0 Å². The van der Waals surface area contributed by atoms with Gasteiger partial charge in [0, 0.05) is 35.7 Å². The molecule has 1 unspecified atom stereocenters. The fraction of sp³-hybridized carbons (Fsp3) is 0.154. The predicted octanol–water partition coefficient (Wildman–Crippen LogP) is 2.44. The summed E-state index contributed by atoms with van der Waals surface area (Å²) in [5.41, 5.74) is 1.63. The van der Waals surface area contributed by atoms with E-state index in [1.807, 2.05) is 30.3 Å². The number of pyridine rings is 2. The summed E-state index contributed by atoms with van der Waals surface area (Å²) in [6.07, 6.45) is 4.14. The van der Waals surface area contributed by atoms with Crippen LogP contribution in [0.1, 0.15) is 5.69 Å². The quantitative estimate of drug-likeness (QED) is 0.692. The maximum atomic E-state index is 12.2. The summed E-state index contributed by atoms with van der Waals surface area (Å²) in [7, 11) is 0. The smallest absolute Gasteiger partial charge is 0.304 e. The molecule has 96 valence electrons. The number of aryl methyl sites for hydroxylation is 1. The van der Waals surface area contributed by atoms with Gasteiger partial charge in [-0.2, -0.15) is 4.98 Å². The molecule has 0 aliphatic rings. The zero-order chi connectivity index (χ0) is 13.1. The molecule has 0 saturated heterocycles. The third-order valence-electron chi connectivity index (χ3n) is 2.61. The SMILES string of the molecule is [O-][S+](CCc1ccccn1)c1nc2ncccc2s1. The van der Waals surface area contributed by atoms with Crippen molar-refractivity contribution in [3.63, 3.8) is 0 Å². The second-order valence-electron chi connectivity index (χ2n) is 3.93. The van der Waals surface area contributed by atoms with Crippen molar-refractivity contribution in [2.24, 2.45) is 0 Å². The average Bonchev–Trinajstić information content (AvgIpc) is 2.90. The number of nitrogens with zero attached hydrogens (tertiary/aromatic N) is 3. The molecule has 1 atom stereocenters. The van der Waals surface area contributed by atoms with Crippen LogP contribution in [0.25, 0.3) is 10.3 Å². The summed E-state index contributed by atoms with van der Waals surface area (Å²) < 4.78 is 13.8. The van der Waals surface area contributed by atoms with Gasteiger partial charge in [-0.25, -0.2) is 4.98 Å². The molecule has 0 fully saturated rings. The largest absolute Gasteiger partial charge is 0.610 e. The van der Waals surface area contributed by atoms with Gasteiger partial charge in [0.15, 0.2) is 5.65 Å². The first-order chi connectivity index (χ1) is 9.33. The van der Waals surface area contributed by atoms with Crippen molar-refractivity contribution in [3.8, 4) is 0 Å². The molecular weight excluding hydrogens is 278 g/mol. The van der Waals surface area contributed by atoms with Crippen molar-refractivity contribution in [1.29, 1.82) is 0 Å². The predicted molar refractivity (Wildman–Crippen MR) is 76.6 cm³/mol. The van der Waals surface area contributed by atoms with Gasteiger partial charge in [-0.05, 0) is 24.3 Å². The molecule has 3 aromatic heterocycles. The number of thiazole rings is 1. The fourth-order valence-corrected chi connectivity index (χ4v) is 3.98. The molecule has 19 heavy (non-hydrogen) atoms. The molecule has 0 aliphatic heterocycles. The fourth-order valence-electron chi connectivity index (χ4n) is 1.68.